The maximum absolute atomic E-state index is 12.9. The molecule has 0 unspecified atom stereocenters. The van der Waals surface area contributed by atoms with E-state index in [0.717, 1.165) is 22.6 Å². The van der Waals surface area contributed by atoms with E-state index in [1.165, 1.54) is 17.4 Å². The summed E-state index contributed by atoms with van der Waals surface area (Å²) in [5.41, 5.74) is 1.10. The second-order valence-corrected chi connectivity index (χ2v) is 8.02. The van der Waals surface area contributed by atoms with Gasteiger partial charge in [-0.25, -0.2) is 4.98 Å². The van der Waals surface area contributed by atoms with Crippen LogP contribution in [0.1, 0.15) is 32.1 Å². The highest BCUT2D eigenvalue weighted by atomic mass is 32.1. The van der Waals surface area contributed by atoms with Crippen molar-refractivity contribution >= 4 is 22.4 Å². The van der Waals surface area contributed by atoms with E-state index >= 15 is 0 Å². The first-order valence-corrected chi connectivity index (χ1v) is 10.2. The summed E-state index contributed by atoms with van der Waals surface area (Å²) >= 11 is 1.22. The van der Waals surface area contributed by atoms with Gasteiger partial charge >= 0.3 is 6.18 Å². The summed E-state index contributed by atoms with van der Waals surface area (Å²) in [5, 5.41) is 3.10. The van der Waals surface area contributed by atoms with Crippen molar-refractivity contribution in [3.63, 3.8) is 0 Å². The molecule has 0 spiro atoms. The van der Waals surface area contributed by atoms with Crippen LogP contribution in [0.25, 0.3) is 11.3 Å². The zero-order valence-electron chi connectivity index (χ0n) is 16.4. The molecule has 0 bridgehead atoms. The van der Waals surface area contributed by atoms with E-state index in [1.54, 1.807) is 25.3 Å². The molecular formula is C23H17F3N2O2S. The van der Waals surface area contributed by atoms with Crippen LogP contribution in [0.3, 0.4) is 0 Å². The second kappa shape index (κ2) is 8.39. The Bertz CT molecular complexity index is 1210. The van der Waals surface area contributed by atoms with Crippen LogP contribution in [0.2, 0.25) is 0 Å². The van der Waals surface area contributed by atoms with Gasteiger partial charge < -0.3 is 4.42 Å². The number of aryl methyl sites for hydroxylation is 1. The lowest BCUT2D eigenvalue weighted by Crippen LogP contribution is -2.11. The van der Waals surface area contributed by atoms with Crippen LogP contribution in [0.5, 0.6) is 0 Å². The van der Waals surface area contributed by atoms with Gasteiger partial charge in [0.25, 0.3) is 5.91 Å². The van der Waals surface area contributed by atoms with Gasteiger partial charge in [-0.3, -0.25) is 10.1 Å². The number of furan rings is 1. The third-order valence-electron chi connectivity index (χ3n) is 4.63. The maximum atomic E-state index is 12.9. The molecule has 4 rings (SSSR count). The van der Waals surface area contributed by atoms with E-state index in [0.29, 0.717) is 34.2 Å². The highest BCUT2D eigenvalue weighted by Crippen LogP contribution is 2.31. The summed E-state index contributed by atoms with van der Waals surface area (Å²) in [6.07, 6.45) is -2.54. The number of hydrogen-bond donors (Lipinski definition) is 1. The molecule has 31 heavy (non-hydrogen) atoms. The number of nitrogens with zero attached hydrogens (tertiary/aromatic N) is 1. The Morgan fingerprint density at radius 3 is 2.61 bits per heavy atom. The zero-order chi connectivity index (χ0) is 22.0. The van der Waals surface area contributed by atoms with Crippen molar-refractivity contribution in [3.8, 4) is 11.3 Å². The van der Waals surface area contributed by atoms with Crippen LogP contribution in [0.15, 0.2) is 71.3 Å². The summed E-state index contributed by atoms with van der Waals surface area (Å²) in [6.45, 7) is 1.71. The summed E-state index contributed by atoms with van der Waals surface area (Å²) in [5.74, 6) is 0.716. The molecule has 0 radical (unpaired) electrons. The quantitative estimate of drug-likeness (QED) is 0.380. The van der Waals surface area contributed by atoms with Crippen molar-refractivity contribution in [2.24, 2.45) is 0 Å². The highest BCUT2D eigenvalue weighted by molar-refractivity contribution is 7.15. The monoisotopic (exact) mass is 442 g/mol. The molecule has 2 aromatic carbocycles. The average Bonchev–Trinajstić information content (AvgIpc) is 3.34. The van der Waals surface area contributed by atoms with E-state index in [2.05, 4.69) is 10.3 Å². The number of alkyl halides is 3. The van der Waals surface area contributed by atoms with E-state index in [9.17, 15) is 18.0 Å². The molecular weight excluding hydrogens is 425 g/mol. The summed E-state index contributed by atoms with van der Waals surface area (Å²) in [4.78, 5) is 17.6. The molecule has 2 heterocycles. The molecule has 8 heteroatoms. The van der Waals surface area contributed by atoms with Gasteiger partial charge in [0, 0.05) is 23.1 Å². The fraction of sp³-hybridized carbons (Fsp3) is 0.130. The Balaban J connectivity index is 1.46. The minimum Gasteiger partial charge on any atom is -0.461 e. The standard InChI is InChI=1S/C23H17F3N2O2S/c1-14-19(12-20(30-14)16-7-3-2-4-8-16)21(29)28-22-27-13-18(31-22)11-15-6-5-9-17(10-15)23(24,25)26/h2-10,12-13H,11H2,1H3,(H,27,28,29). The first-order valence-electron chi connectivity index (χ1n) is 9.37. The molecule has 0 saturated heterocycles. The zero-order valence-corrected chi connectivity index (χ0v) is 17.2. The number of hydrogen-bond acceptors (Lipinski definition) is 4. The van der Waals surface area contributed by atoms with Crippen molar-refractivity contribution in [3.05, 3.63) is 94.2 Å². The number of benzene rings is 2. The molecule has 0 fully saturated rings. The van der Waals surface area contributed by atoms with Gasteiger partial charge in [0.1, 0.15) is 11.5 Å². The number of carbonyl (C=O) groups is 1. The number of amides is 1. The Labute approximate surface area is 180 Å². The van der Waals surface area contributed by atoms with Crippen molar-refractivity contribution in [2.75, 3.05) is 5.32 Å². The molecule has 0 aliphatic rings. The van der Waals surface area contributed by atoms with E-state index in [1.807, 2.05) is 30.3 Å². The molecule has 2 aromatic heterocycles. The minimum atomic E-state index is -4.39. The third-order valence-corrected chi connectivity index (χ3v) is 5.54. The van der Waals surface area contributed by atoms with Crippen molar-refractivity contribution in [1.29, 1.82) is 0 Å². The summed E-state index contributed by atoms with van der Waals surface area (Å²) < 4.78 is 44.4. The van der Waals surface area contributed by atoms with Crippen LogP contribution < -0.4 is 5.32 Å². The first kappa shape index (κ1) is 20.9. The number of anilines is 1. The van der Waals surface area contributed by atoms with Gasteiger partial charge in [-0.1, -0.05) is 48.5 Å². The Morgan fingerprint density at radius 2 is 1.87 bits per heavy atom. The Hall–Kier alpha value is -3.39. The number of rotatable bonds is 5. The molecule has 1 amide bonds. The van der Waals surface area contributed by atoms with Crippen LogP contribution in [0, 0.1) is 6.92 Å². The summed E-state index contributed by atoms with van der Waals surface area (Å²) in [6, 6.07) is 16.3. The normalized spacial score (nSPS) is 11.5. The summed E-state index contributed by atoms with van der Waals surface area (Å²) in [7, 11) is 0. The molecule has 158 valence electrons. The smallest absolute Gasteiger partial charge is 0.416 e. The Morgan fingerprint density at radius 1 is 1.10 bits per heavy atom. The van der Waals surface area contributed by atoms with Crippen LogP contribution in [-0.2, 0) is 12.6 Å². The molecule has 0 atom stereocenters. The van der Waals surface area contributed by atoms with Gasteiger partial charge in [-0.05, 0) is 24.6 Å². The lowest BCUT2D eigenvalue weighted by atomic mass is 10.1. The predicted molar refractivity (Wildman–Crippen MR) is 113 cm³/mol. The van der Waals surface area contributed by atoms with Crippen LogP contribution in [-0.4, -0.2) is 10.9 Å². The molecule has 0 aliphatic heterocycles. The van der Waals surface area contributed by atoms with E-state index < -0.39 is 11.7 Å². The number of halogens is 3. The van der Waals surface area contributed by atoms with Gasteiger partial charge in [-0.15, -0.1) is 11.3 Å². The van der Waals surface area contributed by atoms with Crippen LogP contribution in [0.4, 0.5) is 18.3 Å². The number of aromatic nitrogens is 1. The lowest BCUT2D eigenvalue weighted by Gasteiger charge is -2.07. The Kier molecular flexibility index (Phi) is 5.65. The van der Waals surface area contributed by atoms with Crippen molar-refractivity contribution < 1.29 is 22.4 Å². The number of thiazole rings is 1. The van der Waals surface area contributed by atoms with Gasteiger partial charge in [0.15, 0.2) is 5.13 Å². The van der Waals surface area contributed by atoms with E-state index in [-0.39, 0.29) is 5.91 Å². The number of carbonyl (C=O) groups excluding carboxylic acids is 1. The fourth-order valence-electron chi connectivity index (χ4n) is 3.12. The predicted octanol–water partition coefficient (Wildman–Crippen LogP) is 6.57. The van der Waals surface area contributed by atoms with Crippen molar-refractivity contribution in [2.45, 2.75) is 19.5 Å². The highest BCUT2D eigenvalue weighted by Gasteiger charge is 2.30. The molecule has 4 aromatic rings. The van der Waals surface area contributed by atoms with Gasteiger partial charge in [0.05, 0.1) is 11.1 Å². The van der Waals surface area contributed by atoms with Crippen molar-refractivity contribution in [1.82, 2.24) is 4.98 Å². The molecule has 4 nitrogen and oxygen atoms in total. The molecule has 0 saturated carbocycles. The first-order chi connectivity index (χ1) is 14.8. The van der Waals surface area contributed by atoms with E-state index in [4.69, 9.17) is 4.42 Å². The topological polar surface area (TPSA) is 55.1 Å². The van der Waals surface area contributed by atoms with Gasteiger partial charge in [0.2, 0.25) is 0 Å². The second-order valence-electron chi connectivity index (χ2n) is 6.91. The largest absolute Gasteiger partial charge is 0.461 e. The SMILES string of the molecule is Cc1oc(-c2ccccc2)cc1C(=O)Nc1ncc(Cc2cccc(C(F)(F)F)c2)s1. The van der Waals surface area contributed by atoms with Crippen LogP contribution >= 0.6 is 11.3 Å². The lowest BCUT2D eigenvalue weighted by molar-refractivity contribution is -0.137. The maximum Gasteiger partial charge on any atom is 0.416 e. The fourth-order valence-corrected chi connectivity index (χ4v) is 3.96. The molecule has 1 N–H and O–H groups in total. The number of nitrogens with one attached hydrogen (secondary N) is 1. The average molecular weight is 442 g/mol. The van der Waals surface area contributed by atoms with Gasteiger partial charge in [-0.2, -0.15) is 13.2 Å². The third kappa shape index (κ3) is 4.86. The minimum absolute atomic E-state index is 0.292. The molecule has 0 aliphatic carbocycles.